The van der Waals surface area contributed by atoms with E-state index in [9.17, 15) is 0 Å². The minimum atomic E-state index is 0.205. The number of piperidine rings is 1. The summed E-state index contributed by atoms with van der Waals surface area (Å²) in [5, 5.41) is 13.3. The quantitative estimate of drug-likeness (QED) is 0.640. The molecule has 140 valence electrons. The second-order valence-electron chi connectivity index (χ2n) is 6.47. The Morgan fingerprint density at radius 3 is 2.52 bits per heavy atom. The second-order valence-corrected chi connectivity index (χ2v) is 7.29. The average Bonchev–Trinajstić information content (AvgIpc) is 3.20. The van der Waals surface area contributed by atoms with Gasteiger partial charge < -0.3 is 9.64 Å². The molecule has 8 heteroatoms. The summed E-state index contributed by atoms with van der Waals surface area (Å²) in [6.45, 7) is 2.22. The van der Waals surface area contributed by atoms with Gasteiger partial charge in [-0.3, -0.25) is 0 Å². The van der Waals surface area contributed by atoms with Crippen molar-refractivity contribution in [3.8, 4) is 5.69 Å². The SMILES string of the molecule is Clc1ccc(COC2CCN(c3nnnn3-c3ccccc3)CC2)cc1Cl. The molecule has 0 atom stereocenters. The monoisotopic (exact) mass is 403 g/mol. The predicted octanol–water partition coefficient (Wildman–Crippen LogP) is 4.15. The zero-order chi connectivity index (χ0) is 18.6. The Kier molecular flexibility index (Phi) is 5.57. The number of anilines is 1. The summed E-state index contributed by atoms with van der Waals surface area (Å²) in [4.78, 5) is 2.20. The Morgan fingerprint density at radius 1 is 1.00 bits per heavy atom. The number of tetrazole rings is 1. The van der Waals surface area contributed by atoms with Crippen LogP contribution in [0.5, 0.6) is 0 Å². The fraction of sp³-hybridized carbons (Fsp3) is 0.316. The molecule has 1 aromatic heterocycles. The third-order valence-electron chi connectivity index (χ3n) is 4.65. The van der Waals surface area contributed by atoms with E-state index >= 15 is 0 Å². The molecule has 0 bridgehead atoms. The molecule has 0 radical (unpaired) electrons. The van der Waals surface area contributed by atoms with Gasteiger partial charge in [0.25, 0.3) is 0 Å². The lowest BCUT2D eigenvalue weighted by Gasteiger charge is -2.32. The van der Waals surface area contributed by atoms with Crippen LogP contribution in [0.3, 0.4) is 0 Å². The molecule has 1 aliphatic heterocycles. The average molecular weight is 404 g/mol. The number of benzene rings is 2. The zero-order valence-electron chi connectivity index (χ0n) is 14.6. The van der Waals surface area contributed by atoms with E-state index in [1.807, 2.05) is 42.5 Å². The molecule has 1 saturated heterocycles. The van der Waals surface area contributed by atoms with E-state index in [0.717, 1.165) is 43.1 Å². The maximum atomic E-state index is 6.06. The van der Waals surface area contributed by atoms with Crippen LogP contribution in [0, 0.1) is 0 Å². The smallest absolute Gasteiger partial charge is 0.250 e. The molecular formula is C19H19Cl2N5O. The van der Waals surface area contributed by atoms with Gasteiger partial charge in [-0.2, -0.15) is 4.68 Å². The van der Waals surface area contributed by atoms with Crippen LogP contribution in [0.15, 0.2) is 48.5 Å². The summed E-state index contributed by atoms with van der Waals surface area (Å²) in [7, 11) is 0. The highest BCUT2D eigenvalue weighted by atomic mass is 35.5. The van der Waals surface area contributed by atoms with Crippen molar-refractivity contribution in [2.45, 2.75) is 25.6 Å². The third kappa shape index (κ3) is 4.24. The third-order valence-corrected chi connectivity index (χ3v) is 5.39. The number of para-hydroxylation sites is 1. The Bertz CT molecular complexity index is 894. The van der Waals surface area contributed by atoms with Gasteiger partial charge in [-0.05, 0) is 53.1 Å². The van der Waals surface area contributed by atoms with Gasteiger partial charge in [-0.15, -0.1) is 0 Å². The van der Waals surface area contributed by atoms with Gasteiger partial charge in [0.05, 0.1) is 28.4 Å². The van der Waals surface area contributed by atoms with Crippen LogP contribution >= 0.6 is 23.2 Å². The van der Waals surface area contributed by atoms with E-state index in [1.165, 1.54) is 0 Å². The van der Waals surface area contributed by atoms with E-state index in [4.69, 9.17) is 27.9 Å². The molecule has 0 saturated carbocycles. The maximum absolute atomic E-state index is 6.06. The van der Waals surface area contributed by atoms with Crippen molar-refractivity contribution in [2.24, 2.45) is 0 Å². The lowest BCUT2D eigenvalue weighted by molar-refractivity contribution is 0.0249. The summed E-state index contributed by atoms with van der Waals surface area (Å²) in [6, 6.07) is 15.5. The van der Waals surface area contributed by atoms with E-state index in [0.29, 0.717) is 16.7 Å². The number of rotatable bonds is 5. The van der Waals surface area contributed by atoms with Crippen LogP contribution in [0.4, 0.5) is 5.95 Å². The van der Waals surface area contributed by atoms with Gasteiger partial charge in [-0.25, -0.2) is 0 Å². The molecule has 0 spiro atoms. The molecule has 2 aromatic carbocycles. The van der Waals surface area contributed by atoms with Gasteiger partial charge >= 0.3 is 0 Å². The van der Waals surface area contributed by atoms with Crippen molar-refractivity contribution < 1.29 is 4.74 Å². The van der Waals surface area contributed by atoms with Gasteiger partial charge in [0.15, 0.2) is 0 Å². The van der Waals surface area contributed by atoms with Gasteiger partial charge in [-0.1, -0.05) is 52.6 Å². The standard InChI is InChI=1S/C19H19Cl2N5O/c20-17-7-6-14(12-18(17)21)13-27-16-8-10-25(11-9-16)19-22-23-24-26(19)15-4-2-1-3-5-15/h1-7,12,16H,8-11,13H2. The zero-order valence-corrected chi connectivity index (χ0v) is 16.1. The highest BCUT2D eigenvalue weighted by molar-refractivity contribution is 6.42. The van der Waals surface area contributed by atoms with Crippen molar-refractivity contribution in [1.82, 2.24) is 20.2 Å². The summed E-state index contributed by atoms with van der Waals surface area (Å²) in [5.74, 6) is 0.768. The lowest BCUT2D eigenvalue weighted by Crippen LogP contribution is -2.38. The molecule has 4 rings (SSSR count). The van der Waals surface area contributed by atoms with Crippen LogP contribution in [0.25, 0.3) is 5.69 Å². The van der Waals surface area contributed by atoms with E-state index in [-0.39, 0.29) is 6.10 Å². The molecule has 0 amide bonds. The molecule has 0 N–H and O–H groups in total. The molecular weight excluding hydrogens is 385 g/mol. The number of ether oxygens (including phenoxy) is 1. The number of nitrogens with zero attached hydrogens (tertiary/aromatic N) is 5. The Labute approximate surface area is 167 Å². The normalized spacial score (nSPS) is 15.3. The highest BCUT2D eigenvalue weighted by Gasteiger charge is 2.24. The van der Waals surface area contributed by atoms with Gasteiger partial charge in [0, 0.05) is 13.1 Å². The highest BCUT2D eigenvalue weighted by Crippen LogP contribution is 2.25. The number of aromatic nitrogens is 4. The first-order valence-corrected chi connectivity index (χ1v) is 9.60. The minimum Gasteiger partial charge on any atom is -0.373 e. The summed E-state index contributed by atoms with van der Waals surface area (Å²) >= 11 is 12.0. The van der Waals surface area contributed by atoms with E-state index in [2.05, 4.69) is 20.4 Å². The van der Waals surface area contributed by atoms with Crippen molar-refractivity contribution in [3.63, 3.8) is 0 Å². The molecule has 1 aliphatic rings. The Hall–Kier alpha value is -2.15. The molecule has 27 heavy (non-hydrogen) atoms. The molecule has 6 nitrogen and oxygen atoms in total. The van der Waals surface area contributed by atoms with Crippen LogP contribution in [-0.4, -0.2) is 39.4 Å². The Balaban J connectivity index is 1.34. The van der Waals surface area contributed by atoms with Gasteiger partial charge in [0.2, 0.25) is 5.95 Å². The first-order chi connectivity index (χ1) is 13.2. The first-order valence-electron chi connectivity index (χ1n) is 8.85. The first kappa shape index (κ1) is 18.2. The lowest BCUT2D eigenvalue weighted by atomic mass is 10.1. The van der Waals surface area contributed by atoms with Crippen molar-refractivity contribution in [3.05, 3.63) is 64.1 Å². The fourth-order valence-electron chi connectivity index (χ4n) is 3.18. The topological polar surface area (TPSA) is 56.1 Å². The van der Waals surface area contributed by atoms with E-state index < -0.39 is 0 Å². The predicted molar refractivity (Wildman–Crippen MR) is 106 cm³/mol. The molecule has 1 fully saturated rings. The van der Waals surface area contributed by atoms with Gasteiger partial charge in [0.1, 0.15) is 0 Å². The van der Waals surface area contributed by atoms with Crippen LogP contribution < -0.4 is 4.90 Å². The van der Waals surface area contributed by atoms with Crippen LogP contribution in [-0.2, 0) is 11.3 Å². The summed E-state index contributed by atoms with van der Waals surface area (Å²) in [5.41, 5.74) is 1.98. The van der Waals surface area contributed by atoms with Crippen molar-refractivity contribution >= 4 is 29.2 Å². The van der Waals surface area contributed by atoms with E-state index in [1.54, 1.807) is 10.7 Å². The molecule has 2 heterocycles. The van der Waals surface area contributed by atoms with Crippen molar-refractivity contribution in [2.75, 3.05) is 18.0 Å². The number of hydrogen-bond acceptors (Lipinski definition) is 5. The summed E-state index contributed by atoms with van der Waals surface area (Å²) in [6.07, 6.45) is 2.04. The van der Waals surface area contributed by atoms with Crippen LogP contribution in [0.1, 0.15) is 18.4 Å². The largest absolute Gasteiger partial charge is 0.373 e. The molecule has 3 aromatic rings. The van der Waals surface area contributed by atoms with Crippen LogP contribution in [0.2, 0.25) is 10.0 Å². The number of halogens is 2. The molecule has 0 unspecified atom stereocenters. The maximum Gasteiger partial charge on any atom is 0.250 e. The Morgan fingerprint density at radius 2 is 1.78 bits per heavy atom. The minimum absolute atomic E-state index is 0.205. The number of hydrogen-bond donors (Lipinski definition) is 0. The molecule has 0 aliphatic carbocycles. The summed E-state index contributed by atoms with van der Waals surface area (Å²) < 4.78 is 7.83. The second kappa shape index (κ2) is 8.25. The fourth-order valence-corrected chi connectivity index (χ4v) is 3.50. The van der Waals surface area contributed by atoms with Crippen molar-refractivity contribution in [1.29, 1.82) is 0 Å².